The van der Waals surface area contributed by atoms with Crippen molar-refractivity contribution in [3.05, 3.63) is 47.9 Å². The fourth-order valence-corrected chi connectivity index (χ4v) is 3.48. The van der Waals surface area contributed by atoms with Gasteiger partial charge in [-0.15, -0.1) is 17.9 Å². The second-order valence-electron chi connectivity index (χ2n) is 4.91. The van der Waals surface area contributed by atoms with Crippen molar-refractivity contribution in [1.82, 2.24) is 5.32 Å². The minimum atomic E-state index is 0.497. The molecule has 0 amide bonds. The van der Waals surface area contributed by atoms with Crippen LogP contribution in [0.3, 0.4) is 0 Å². The van der Waals surface area contributed by atoms with Crippen LogP contribution in [0.5, 0.6) is 0 Å². The number of nitrogens with one attached hydrogen (secondary N) is 1. The molecule has 0 radical (unpaired) electrons. The zero-order chi connectivity index (χ0) is 13.5. The van der Waals surface area contributed by atoms with Gasteiger partial charge in [-0.1, -0.05) is 31.2 Å². The van der Waals surface area contributed by atoms with Crippen LogP contribution in [0.25, 0.3) is 10.1 Å². The molecule has 0 bridgehead atoms. The highest BCUT2D eigenvalue weighted by molar-refractivity contribution is 7.19. The highest BCUT2D eigenvalue weighted by Crippen LogP contribution is 2.32. The van der Waals surface area contributed by atoms with E-state index in [2.05, 4.69) is 49.2 Å². The van der Waals surface area contributed by atoms with E-state index in [4.69, 9.17) is 0 Å². The van der Waals surface area contributed by atoms with E-state index >= 15 is 0 Å². The summed E-state index contributed by atoms with van der Waals surface area (Å²) in [7, 11) is 0. The van der Waals surface area contributed by atoms with Gasteiger partial charge in [-0.05, 0) is 49.7 Å². The van der Waals surface area contributed by atoms with Crippen molar-refractivity contribution in [3.8, 4) is 0 Å². The molecule has 19 heavy (non-hydrogen) atoms. The molecular weight excluding hydrogens is 250 g/mol. The number of rotatable bonds is 8. The quantitative estimate of drug-likeness (QED) is 0.508. The molecule has 2 aromatic rings. The first-order valence-corrected chi connectivity index (χ1v) is 7.99. The molecule has 0 spiro atoms. The molecule has 1 N–H and O–H groups in total. The summed E-state index contributed by atoms with van der Waals surface area (Å²) in [6, 6.07) is 11.5. The minimum Gasteiger partial charge on any atom is -0.309 e. The smallest absolute Gasteiger partial charge is 0.0415 e. The molecule has 1 aromatic carbocycles. The van der Waals surface area contributed by atoms with E-state index in [0.29, 0.717) is 6.04 Å². The topological polar surface area (TPSA) is 12.0 Å². The van der Waals surface area contributed by atoms with Gasteiger partial charge in [0.25, 0.3) is 0 Å². The molecule has 0 saturated heterocycles. The van der Waals surface area contributed by atoms with Gasteiger partial charge in [-0.2, -0.15) is 0 Å². The van der Waals surface area contributed by atoms with Gasteiger partial charge in [-0.3, -0.25) is 0 Å². The predicted octanol–water partition coefficient (Wildman–Crippen LogP) is 5.30. The Hall–Kier alpha value is -1.12. The average molecular weight is 273 g/mol. The molecule has 1 heterocycles. The van der Waals surface area contributed by atoms with E-state index in [1.165, 1.54) is 34.2 Å². The van der Waals surface area contributed by atoms with Gasteiger partial charge in [0.2, 0.25) is 0 Å². The maximum absolute atomic E-state index is 3.81. The van der Waals surface area contributed by atoms with Crippen LogP contribution in [0.2, 0.25) is 0 Å². The summed E-state index contributed by atoms with van der Waals surface area (Å²) in [5.74, 6) is 0. The van der Waals surface area contributed by atoms with Gasteiger partial charge >= 0.3 is 0 Å². The maximum atomic E-state index is 3.81. The van der Waals surface area contributed by atoms with E-state index in [0.717, 1.165) is 13.0 Å². The van der Waals surface area contributed by atoms with Gasteiger partial charge in [-0.25, -0.2) is 0 Å². The highest BCUT2D eigenvalue weighted by atomic mass is 32.1. The fourth-order valence-electron chi connectivity index (χ4n) is 2.30. The van der Waals surface area contributed by atoms with Crippen molar-refractivity contribution in [2.24, 2.45) is 0 Å². The zero-order valence-corrected chi connectivity index (χ0v) is 12.5. The lowest BCUT2D eigenvalue weighted by Crippen LogP contribution is -2.21. The Morgan fingerprint density at radius 2 is 2.21 bits per heavy atom. The summed E-state index contributed by atoms with van der Waals surface area (Å²) in [6.07, 6.45) is 6.71. The molecule has 0 aliphatic rings. The third-order valence-corrected chi connectivity index (χ3v) is 4.56. The number of benzene rings is 1. The molecule has 0 aliphatic carbocycles. The van der Waals surface area contributed by atoms with Crippen LogP contribution in [0.4, 0.5) is 0 Å². The number of fused-ring (bicyclic) bond motifs is 1. The summed E-state index contributed by atoms with van der Waals surface area (Å²) in [5.41, 5.74) is 0. The zero-order valence-electron chi connectivity index (χ0n) is 11.7. The van der Waals surface area contributed by atoms with Crippen LogP contribution in [0.15, 0.2) is 43.0 Å². The molecule has 0 aliphatic heterocycles. The van der Waals surface area contributed by atoms with Crippen molar-refractivity contribution in [1.29, 1.82) is 0 Å². The van der Waals surface area contributed by atoms with Crippen molar-refractivity contribution in [3.63, 3.8) is 0 Å². The summed E-state index contributed by atoms with van der Waals surface area (Å²) in [6.45, 7) is 7.12. The molecular formula is C17H23NS. The number of hydrogen-bond donors (Lipinski definition) is 1. The van der Waals surface area contributed by atoms with Crippen LogP contribution < -0.4 is 5.32 Å². The van der Waals surface area contributed by atoms with E-state index in [1.807, 2.05) is 17.4 Å². The Bertz CT molecular complexity index is 482. The second-order valence-corrected chi connectivity index (χ2v) is 6.03. The Morgan fingerprint density at radius 1 is 1.37 bits per heavy atom. The molecule has 1 nitrogen and oxygen atoms in total. The molecule has 1 atom stereocenters. The molecule has 1 aromatic heterocycles. The monoisotopic (exact) mass is 273 g/mol. The largest absolute Gasteiger partial charge is 0.309 e. The summed E-state index contributed by atoms with van der Waals surface area (Å²) >= 11 is 1.93. The lowest BCUT2D eigenvalue weighted by molar-refractivity contribution is 0.493. The van der Waals surface area contributed by atoms with Crippen LogP contribution in [-0.2, 0) is 0 Å². The number of unbranched alkanes of at least 4 members (excludes halogenated alkanes) is 1. The average Bonchev–Trinajstić information content (AvgIpc) is 2.86. The summed E-state index contributed by atoms with van der Waals surface area (Å²) < 4.78 is 1.39. The van der Waals surface area contributed by atoms with E-state index < -0.39 is 0 Å². The maximum Gasteiger partial charge on any atom is 0.0415 e. The number of hydrogen-bond acceptors (Lipinski definition) is 2. The first-order chi connectivity index (χ1) is 9.35. The Balaban J connectivity index is 2.12. The van der Waals surface area contributed by atoms with Gasteiger partial charge in [0.05, 0.1) is 0 Å². The van der Waals surface area contributed by atoms with Crippen molar-refractivity contribution in [2.75, 3.05) is 6.54 Å². The summed E-state index contributed by atoms with van der Waals surface area (Å²) in [4.78, 5) is 1.47. The highest BCUT2D eigenvalue weighted by Gasteiger charge is 2.13. The normalized spacial score (nSPS) is 12.7. The Labute approximate surface area is 120 Å². The van der Waals surface area contributed by atoms with E-state index in [-0.39, 0.29) is 0 Å². The van der Waals surface area contributed by atoms with Gasteiger partial charge < -0.3 is 5.32 Å². The predicted molar refractivity (Wildman–Crippen MR) is 86.9 cm³/mol. The van der Waals surface area contributed by atoms with Crippen LogP contribution in [0, 0.1) is 0 Å². The SMILES string of the molecule is C=CCCCC(NCCC)c1cc2ccccc2s1. The van der Waals surface area contributed by atoms with Crippen LogP contribution in [0.1, 0.15) is 43.5 Å². The molecule has 1 unspecified atom stereocenters. The second kappa shape index (κ2) is 7.46. The fraction of sp³-hybridized carbons (Fsp3) is 0.412. The van der Waals surface area contributed by atoms with Crippen molar-refractivity contribution < 1.29 is 0 Å². The molecule has 102 valence electrons. The third-order valence-electron chi connectivity index (χ3n) is 3.33. The number of allylic oxidation sites excluding steroid dienone is 1. The Kier molecular flexibility index (Phi) is 5.62. The molecule has 2 heteroatoms. The first-order valence-electron chi connectivity index (χ1n) is 7.18. The molecule has 2 rings (SSSR count). The van der Waals surface area contributed by atoms with Gasteiger partial charge in [0.15, 0.2) is 0 Å². The minimum absolute atomic E-state index is 0.497. The summed E-state index contributed by atoms with van der Waals surface area (Å²) in [5, 5.41) is 5.05. The van der Waals surface area contributed by atoms with Gasteiger partial charge in [0, 0.05) is 15.6 Å². The van der Waals surface area contributed by atoms with Crippen LogP contribution >= 0.6 is 11.3 Å². The third kappa shape index (κ3) is 3.92. The van der Waals surface area contributed by atoms with Gasteiger partial charge in [0.1, 0.15) is 0 Å². The molecule has 0 saturated carbocycles. The lowest BCUT2D eigenvalue weighted by atomic mass is 10.1. The molecule has 0 fully saturated rings. The van der Waals surface area contributed by atoms with Crippen molar-refractivity contribution in [2.45, 2.75) is 38.6 Å². The van der Waals surface area contributed by atoms with Crippen LogP contribution in [-0.4, -0.2) is 6.54 Å². The first kappa shape index (κ1) is 14.3. The number of thiophene rings is 1. The van der Waals surface area contributed by atoms with E-state index in [1.54, 1.807) is 0 Å². The standard InChI is InChI=1S/C17H23NS/c1-3-5-6-10-15(18-12-4-2)17-13-14-9-7-8-11-16(14)19-17/h3,7-9,11,13,15,18H,1,4-6,10,12H2,2H3. The lowest BCUT2D eigenvalue weighted by Gasteiger charge is -2.16. The van der Waals surface area contributed by atoms with Crippen molar-refractivity contribution >= 4 is 21.4 Å². The van der Waals surface area contributed by atoms with E-state index in [9.17, 15) is 0 Å². The Morgan fingerprint density at radius 3 is 2.95 bits per heavy atom.